The summed E-state index contributed by atoms with van der Waals surface area (Å²) in [6, 6.07) is 14.2. The van der Waals surface area contributed by atoms with Gasteiger partial charge in [0.15, 0.2) is 6.61 Å². The van der Waals surface area contributed by atoms with Crippen molar-refractivity contribution in [2.24, 2.45) is 0 Å². The molecule has 0 saturated carbocycles. The number of para-hydroxylation sites is 1. The van der Waals surface area contributed by atoms with Crippen molar-refractivity contribution in [1.29, 1.82) is 0 Å². The number of benzene rings is 2. The number of furan rings is 1. The van der Waals surface area contributed by atoms with Crippen LogP contribution in [0.2, 0.25) is 5.02 Å². The number of rotatable bonds is 6. The third kappa shape index (κ3) is 4.40. The molecule has 0 aliphatic heterocycles. The third-order valence-electron chi connectivity index (χ3n) is 4.42. The van der Waals surface area contributed by atoms with Gasteiger partial charge in [-0.3, -0.25) is 10.1 Å². The maximum atomic E-state index is 12.5. The van der Waals surface area contributed by atoms with Crippen LogP contribution in [0.25, 0.3) is 20.8 Å². The molecule has 9 heteroatoms. The second-order valence-corrected chi connectivity index (χ2v) is 7.97. The Morgan fingerprint density at radius 3 is 2.61 bits per heavy atom. The fourth-order valence-corrected chi connectivity index (χ4v) is 4.15. The lowest BCUT2D eigenvalue weighted by molar-refractivity contribution is -0.118. The lowest BCUT2D eigenvalue weighted by Gasteiger charge is -2.07. The molecule has 2 heterocycles. The fraction of sp³-hybridized carbons (Fsp3) is 0.136. The first-order valence-corrected chi connectivity index (χ1v) is 10.4. The summed E-state index contributed by atoms with van der Waals surface area (Å²) in [7, 11) is 1.29. The van der Waals surface area contributed by atoms with E-state index in [2.05, 4.69) is 10.3 Å². The molecule has 4 rings (SSSR count). The molecule has 0 bridgehead atoms. The highest BCUT2D eigenvalue weighted by Gasteiger charge is 2.28. The van der Waals surface area contributed by atoms with E-state index in [1.807, 2.05) is 24.3 Å². The quantitative estimate of drug-likeness (QED) is 0.395. The van der Waals surface area contributed by atoms with Crippen molar-refractivity contribution >= 4 is 50.9 Å². The number of aryl methyl sites for hydroxylation is 1. The highest BCUT2D eigenvalue weighted by molar-refractivity contribution is 7.21. The van der Waals surface area contributed by atoms with Crippen molar-refractivity contribution in [3.63, 3.8) is 0 Å². The maximum Gasteiger partial charge on any atom is 0.342 e. The first-order valence-electron chi connectivity index (χ1n) is 9.22. The van der Waals surface area contributed by atoms with E-state index in [-0.39, 0.29) is 18.1 Å². The second kappa shape index (κ2) is 8.79. The summed E-state index contributed by atoms with van der Waals surface area (Å²) in [6.07, 6.45) is 0. The van der Waals surface area contributed by atoms with Crippen LogP contribution in [0.4, 0.5) is 5.88 Å². The Morgan fingerprint density at radius 2 is 1.90 bits per heavy atom. The fourth-order valence-electron chi connectivity index (χ4n) is 3.01. The van der Waals surface area contributed by atoms with Gasteiger partial charge in [-0.1, -0.05) is 23.7 Å². The smallest absolute Gasteiger partial charge is 0.342 e. The van der Waals surface area contributed by atoms with E-state index in [1.54, 1.807) is 31.2 Å². The highest BCUT2D eigenvalue weighted by atomic mass is 35.5. The van der Waals surface area contributed by atoms with Crippen molar-refractivity contribution in [3.05, 3.63) is 64.9 Å². The van der Waals surface area contributed by atoms with Crippen LogP contribution in [0.3, 0.4) is 0 Å². The van der Waals surface area contributed by atoms with E-state index < -0.39 is 11.9 Å². The van der Waals surface area contributed by atoms with Crippen LogP contribution in [0.5, 0.6) is 5.75 Å². The Hall–Kier alpha value is -3.36. The molecule has 7 nitrogen and oxygen atoms in total. The second-order valence-electron chi connectivity index (χ2n) is 6.51. The van der Waals surface area contributed by atoms with E-state index >= 15 is 0 Å². The molecule has 0 atom stereocenters. The number of carbonyl (C=O) groups is 2. The van der Waals surface area contributed by atoms with Crippen LogP contribution in [-0.4, -0.2) is 30.6 Å². The zero-order valence-corrected chi connectivity index (χ0v) is 18.2. The highest BCUT2D eigenvalue weighted by Crippen LogP contribution is 2.40. The number of methoxy groups -OCH3 is 1. The van der Waals surface area contributed by atoms with Crippen LogP contribution < -0.4 is 10.1 Å². The van der Waals surface area contributed by atoms with Gasteiger partial charge >= 0.3 is 5.97 Å². The maximum absolute atomic E-state index is 12.5. The minimum atomic E-state index is -0.576. The zero-order valence-electron chi connectivity index (χ0n) is 16.6. The van der Waals surface area contributed by atoms with Gasteiger partial charge in [0.25, 0.3) is 5.91 Å². The number of nitrogens with one attached hydrogen (secondary N) is 1. The number of amides is 1. The molecular formula is C22H17ClN2O5S. The van der Waals surface area contributed by atoms with E-state index in [1.165, 1.54) is 18.4 Å². The summed E-state index contributed by atoms with van der Waals surface area (Å²) >= 11 is 7.24. The Bertz CT molecular complexity index is 1230. The van der Waals surface area contributed by atoms with Crippen LogP contribution in [-0.2, 0) is 9.53 Å². The minimum absolute atomic E-state index is 0.113. The standard InChI is InChI=1S/C22H17ClN2O5S/c1-12-18(22(27)28-2)19(21-24-15-5-3-4-6-16(15)31-21)20(30-12)25-17(26)11-29-14-9-7-13(23)8-10-14/h3-10H,11H2,1-2H3,(H,25,26). The molecule has 1 amide bonds. The molecule has 4 aromatic rings. The van der Waals surface area contributed by atoms with Gasteiger partial charge in [0.1, 0.15) is 22.1 Å². The molecule has 1 N–H and O–H groups in total. The molecular weight excluding hydrogens is 440 g/mol. The number of carbonyl (C=O) groups excluding carboxylic acids is 2. The Labute approximate surface area is 186 Å². The summed E-state index contributed by atoms with van der Waals surface area (Å²) in [5.74, 6) is -0.107. The van der Waals surface area contributed by atoms with Crippen LogP contribution in [0, 0.1) is 6.92 Å². The van der Waals surface area contributed by atoms with Gasteiger partial charge < -0.3 is 13.9 Å². The third-order valence-corrected chi connectivity index (χ3v) is 5.72. The average Bonchev–Trinajstić information content (AvgIpc) is 3.33. The molecule has 2 aromatic carbocycles. The summed E-state index contributed by atoms with van der Waals surface area (Å²) in [6.45, 7) is 1.37. The molecule has 158 valence electrons. The van der Waals surface area contributed by atoms with Crippen molar-refractivity contribution in [3.8, 4) is 16.3 Å². The van der Waals surface area contributed by atoms with E-state index in [0.29, 0.717) is 27.1 Å². The molecule has 0 spiro atoms. The minimum Gasteiger partial charge on any atom is -0.484 e. The number of thiazole rings is 1. The summed E-state index contributed by atoms with van der Waals surface area (Å²) in [5.41, 5.74) is 1.38. The van der Waals surface area contributed by atoms with Gasteiger partial charge in [-0.05, 0) is 43.3 Å². The zero-order chi connectivity index (χ0) is 22.0. The van der Waals surface area contributed by atoms with Gasteiger partial charge in [0.05, 0.1) is 22.9 Å². The van der Waals surface area contributed by atoms with Crippen LogP contribution >= 0.6 is 22.9 Å². The Kier molecular flexibility index (Phi) is 5.92. The number of fused-ring (bicyclic) bond motifs is 1. The van der Waals surface area contributed by atoms with Gasteiger partial charge in [0, 0.05) is 5.02 Å². The largest absolute Gasteiger partial charge is 0.484 e. The number of anilines is 1. The molecule has 0 unspecified atom stereocenters. The monoisotopic (exact) mass is 456 g/mol. The van der Waals surface area contributed by atoms with Crippen molar-refractivity contribution in [2.45, 2.75) is 6.92 Å². The number of hydrogen-bond donors (Lipinski definition) is 1. The van der Waals surface area contributed by atoms with E-state index in [9.17, 15) is 9.59 Å². The molecule has 31 heavy (non-hydrogen) atoms. The molecule has 0 fully saturated rings. The number of ether oxygens (including phenoxy) is 2. The first-order chi connectivity index (χ1) is 15.0. The van der Waals surface area contributed by atoms with Gasteiger partial charge in [-0.25, -0.2) is 9.78 Å². The van der Waals surface area contributed by atoms with Crippen LogP contribution in [0.15, 0.2) is 52.9 Å². The average molecular weight is 457 g/mol. The van der Waals surface area contributed by atoms with Crippen molar-refractivity contribution in [2.75, 3.05) is 19.0 Å². The molecule has 0 saturated heterocycles. The number of halogens is 1. The van der Waals surface area contributed by atoms with Gasteiger partial charge in [-0.15, -0.1) is 11.3 Å². The predicted octanol–water partition coefficient (Wildman–Crippen LogP) is 5.32. The van der Waals surface area contributed by atoms with Crippen LogP contribution in [0.1, 0.15) is 16.1 Å². The van der Waals surface area contributed by atoms with Gasteiger partial charge in [-0.2, -0.15) is 0 Å². The lowest BCUT2D eigenvalue weighted by Crippen LogP contribution is -2.20. The number of nitrogens with zero attached hydrogens (tertiary/aromatic N) is 1. The van der Waals surface area contributed by atoms with Gasteiger partial charge in [0.2, 0.25) is 5.88 Å². The number of hydrogen-bond acceptors (Lipinski definition) is 7. The van der Waals surface area contributed by atoms with E-state index in [0.717, 1.165) is 10.2 Å². The summed E-state index contributed by atoms with van der Waals surface area (Å²) < 4.78 is 17.1. The number of esters is 1. The SMILES string of the molecule is COC(=O)c1c(C)oc(NC(=O)COc2ccc(Cl)cc2)c1-c1nc2ccccc2s1. The van der Waals surface area contributed by atoms with Crippen molar-refractivity contribution in [1.82, 2.24) is 4.98 Å². The Morgan fingerprint density at radius 1 is 1.16 bits per heavy atom. The first kappa shape index (κ1) is 20.9. The lowest BCUT2D eigenvalue weighted by atomic mass is 10.1. The van der Waals surface area contributed by atoms with Crippen molar-refractivity contribution < 1.29 is 23.5 Å². The molecule has 0 radical (unpaired) electrons. The van der Waals surface area contributed by atoms with E-state index in [4.69, 9.17) is 25.5 Å². The normalized spacial score (nSPS) is 10.8. The summed E-state index contributed by atoms with van der Waals surface area (Å²) in [4.78, 5) is 29.5. The number of aromatic nitrogens is 1. The molecule has 0 aliphatic rings. The molecule has 0 aliphatic carbocycles. The predicted molar refractivity (Wildman–Crippen MR) is 119 cm³/mol. The Balaban J connectivity index is 1.64. The topological polar surface area (TPSA) is 90.7 Å². The molecule has 2 aromatic heterocycles. The summed E-state index contributed by atoms with van der Waals surface area (Å²) in [5, 5.41) is 3.78.